The van der Waals surface area contributed by atoms with Crippen LogP contribution in [0.1, 0.15) is 16.8 Å². The van der Waals surface area contributed by atoms with Gasteiger partial charge in [-0.3, -0.25) is 4.79 Å². The number of anilines is 3. The summed E-state index contributed by atoms with van der Waals surface area (Å²) < 4.78 is 4.64. The van der Waals surface area contributed by atoms with Gasteiger partial charge in [0.15, 0.2) is 0 Å². The predicted octanol–water partition coefficient (Wildman–Crippen LogP) is 2.98. The van der Waals surface area contributed by atoms with E-state index in [2.05, 4.69) is 15.4 Å². The number of esters is 1. The molecule has 0 aliphatic rings. The summed E-state index contributed by atoms with van der Waals surface area (Å²) in [6.07, 6.45) is 0.341. The number of rotatable bonds is 7. The van der Waals surface area contributed by atoms with Gasteiger partial charge in [0.05, 0.1) is 12.7 Å². The van der Waals surface area contributed by atoms with E-state index in [1.54, 1.807) is 24.3 Å². The summed E-state index contributed by atoms with van der Waals surface area (Å²) in [7, 11) is 5.31. The van der Waals surface area contributed by atoms with Gasteiger partial charge in [0.2, 0.25) is 5.91 Å². The van der Waals surface area contributed by atoms with E-state index in [0.717, 1.165) is 11.4 Å². The van der Waals surface area contributed by atoms with Gasteiger partial charge in [-0.25, -0.2) is 4.79 Å². The molecule has 0 saturated heterocycles. The summed E-state index contributed by atoms with van der Waals surface area (Å²) in [5.74, 6) is -0.495. The van der Waals surface area contributed by atoms with Crippen molar-refractivity contribution in [1.82, 2.24) is 0 Å². The molecule has 0 bridgehead atoms. The zero-order valence-electron chi connectivity index (χ0n) is 14.7. The lowest BCUT2D eigenvalue weighted by Crippen LogP contribution is -2.16. The number of carbonyl (C=O) groups is 2. The SMILES string of the molecule is COC(=O)c1ccc(NC(=O)CCNc2ccc(N(C)C)cc2)cc1. The zero-order chi connectivity index (χ0) is 18.2. The lowest BCUT2D eigenvalue weighted by molar-refractivity contribution is -0.115. The van der Waals surface area contributed by atoms with E-state index in [4.69, 9.17) is 0 Å². The monoisotopic (exact) mass is 341 g/mol. The maximum Gasteiger partial charge on any atom is 0.337 e. The van der Waals surface area contributed by atoms with E-state index in [0.29, 0.717) is 24.2 Å². The summed E-state index contributed by atoms with van der Waals surface area (Å²) >= 11 is 0. The number of methoxy groups -OCH3 is 1. The van der Waals surface area contributed by atoms with E-state index in [1.807, 2.05) is 43.3 Å². The minimum atomic E-state index is -0.401. The van der Waals surface area contributed by atoms with Crippen molar-refractivity contribution in [3.8, 4) is 0 Å². The van der Waals surface area contributed by atoms with E-state index >= 15 is 0 Å². The molecule has 0 heterocycles. The molecule has 2 aromatic carbocycles. The Bertz CT molecular complexity index is 710. The second-order valence-electron chi connectivity index (χ2n) is 5.74. The van der Waals surface area contributed by atoms with E-state index in [1.165, 1.54) is 7.11 Å². The molecule has 2 aromatic rings. The highest BCUT2D eigenvalue weighted by molar-refractivity contribution is 5.93. The second kappa shape index (κ2) is 8.73. The van der Waals surface area contributed by atoms with Gasteiger partial charge >= 0.3 is 5.97 Å². The van der Waals surface area contributed by atoms with Gasteiger partial charge in [-0.1, -0.05) is 0 Å². The molecule has 0 fully saturated rings. The van der Waals surface area contributed by atoms with Crippen molar-refractivity contribution in [2.75, 3.05) is 43.3 Å². The Balaban J connectivity index is 1.77. The van der Waals surface area contributed by atoms with Crippen LogP contribution in [0.2, 0.25) is 0 Å². The lowest BCUT2D eigenvalue weighted by Gasteiger charge is -2.13. The fraction of sp³-hybridized carbons (Fsp3) is 0.263. The molecule has 6 heteroatoms. The first-order chi connectivity index (χ1) is 12.0. The molecule has 0 aromatic heterocycles. The van der Waals surface area contributed by atoms with Crippen LogP contribution in [0.15, 0.2) is 48.5 Å². The van der Waals surface area contributed by atoms with Crippen molar-refractivity contribution in [1.29, 1.82) is 0 Å². The number of hydrogen-bond donors (Lipinski definition) is 2. The molecular formula is C19H23N3O3. The maximum absolute atomic E-state index is 12.0. The van der Waals surface area contributed by atoms with Crippen molar-refractivity contribution >= 4 is 28.9 Å². The molecule has 0 unspecified atom stereocenters. The van der Waals surface area contributed by atoms with Crippen molar-refractivity contribution in [2.24, 2.45) is 0 Å². The second-order valence-corrected chi connectivity index (χ2v) is 5.74. The summed E-state index contributed by atoms with van der Waals surface area (Å²) in [5, 5.41) is 6.02. The molecule has 0 aliphatic heterocycles. The van der Waals surface area contributed by atoms with Crippen LogP contribution in [-0.2, 0) is 9.53 Å². The van der Waals surface area contributed by atoms with Crippen LogP contribution in [-0.4, -0.2) is 39.6 Å². The first-order valence-electron chi connectivity index (χ1n) is 7.99. The van der Waals surface area contributed by atoms with Gasteiger partial charge in [-0.15, -0.1) is 0 Å². The third-order valence-corrected chi connectivity index (χ3v) is 3.65. The molecule has 0 saturated carbocycles. The third kappa shape index (κ3) is 5.53. The smallest absolute Gasteiger partial charge is 0.337 e. The molecule has 2 rings (SSSR count). The van der Waals surface area contributed by atoms with Crippen LogP contribution in [0.3, 0.4) is 0 Å². The zero-order valence-corrected chi connectivity index (χ0v) is 14.7. The van der Waals surface area contributed by atoms with Gasteiger partial charge < -0.3 is 20.3 Å². The van der Waals surface area contributed by atoms with Gasteiger partial charge in [-0.05, 0) is 48.5 Å². The quantitative estimate of drug-likeness (QED) is 0.758. The number of nitrogens with one attached hydrogen (secondary N) is 2. The van der Waals surface area contributed by atoms with Gasteiger partial charge in [-0.2, -0.15) is 0 Å². The van der Waals surface area contributed by atoms with Crippen molar-refractivity contribution in [3.63, 3.8) is 0 Å². The molecule has 1 amide bonds. The fourth-order valence-corrected chi connectivity index (χ4v) is 2.23. The van der Waals surface area contributed by atoms with E-state index in [9.17, 15) is 9.59 Å². The fourth-order valence-electron chi connectivity index (χ4n) is 2.23. The highest BCUT2D eigenvalue weighted by atomic mass is 16.5. The minimum Gasteiger partial charge on any atom is -0.465 e. The van der Waals surface area contributed by atoms with Crippen LogP contribution < -0.4 is 15.5 Å². The Labute approximate surface area is 147 Å². The Morgan fingerprint density at radius 3 is 2.12 bits per heavy atom. The molecule has 6 nitrogen and oxygen atoms in total. The van der Waals surface area contributed by atoms with Crippen LogP contribution in [0.5, 0.6) is 0 Å². The van der Waals surface area contributed by atoms with Crippen LogP contribution in [0.4, 0.5) is 17.1 Å². The van der Waals surface area contributed by atoms with Crippen LogP contribution >= 0.6 is 0 Å². The first kappa shape index (κ1) is 18.3. The number of nitrogens with zero attached hydrogens (tertiary/aromatic N) is 1. The Morgan fingerprint density at radius 2 is 1.56 bits per heavy atom. The molecule has 0 atom stereocenters. The summed E-state index contributed by atoms with van der Waals surface area (Å²) in [5.41, 5.74) is 3.19. The number of carbonyl (C=O) groups excluding carboxylic acids is 2. The third-order valence-electron chi connectivity index (χ3n) is 3.65. The summed E-state index contributed by atoms with van der Waals surface area (Å²) in [6.45, 7) is 0.535. The Kier molecular flexibility index (Phi) is 6.39. The normalized spacial score (nSPS) is 10.0. The molecule has 0 spiro atoms. The number of amides is 1. The summed E-state index contributed by atoms with van der Waals surface area (Å²) in [6, 6.07) is 14.6. The topological polar surface area (TPSA) is 70.7 Å². The molecule has 2 N–H and O–H groups in total. The van der Waals surface area contributed by atoms with E-state index < -0.39 is 5.97 Å². The highest BCUT2D eigenvalue weighted by Crippen LogP contribution is 2.15. The first-order valence-corrected chi connectivity index (χ1v) is 7.99. The van der Waals surface area contributed by atoms with Crippen molar-refractivity contribution < 1.29 is 14.3 Å². The van der Waals surface area contributed by atoms with Gasteiger partial charge in [0.1, 0.15) is 0 Å². The van der Waals surface area contributed by atoms with Gasteiger partial charge in [0, 0.05) is 44.1 Å². The number of benzene rings is 2. The average Bonchev–Trinajstić information content (AvgIpc) is 2.62. The summed E-state index contributed by atoms with van der Waals surface area (Å²) in [4.78, 5) is 25.4. The largest absolute Gasteiger partial charge is 0.465 e. The number of hydrogen-bond acceptors (Lipinski definition) is 5. The Morgan fingerprint density at radius 1 is 0.960 bits per heavy atom. The van der Waals surface area contributed by atoms with E-state index in [-0.39, 0.29) is 5.91 Å². The van der Waals surface area contributed by atoms with Crippen LogP contribution in [0.25, 0.3) is 0 Å². The Hall–Kier alpha value is -3.02. The standard InChI is InChI=1S/C19H23N3O3/c1-22(2)17-10-8-15(9-11-17)20-13-12-18(23)21-16-6-4-14(5-7-16)19(24)25-3/h4-11,20H,12-13H2,1-3H3,(H,21,23). The molecule has 0 radical (unpaired) electrons. The van der Waals surface area contributed by atoms with Crippen molar-refractivity contribution in [2.45, 2.75) is 6.42 Å². The van der Waals surface area contributed by atoms with Crippen molar-refractivity contribution in [3.05, 3.63) is 54.1 Å². The molecule has 25 heavy (non-hydrogen) atoms. The highest BCUT2D eigenvalue weighted by Gasteiger charge is 2.06. The minimum absolute atomic E-state index is 0.0942. The van der Waals surface area contributed by atoms with Crippen LogP contribution in [0, 0.1) is 0 Å². The molecule has 0 aliphatic carbocycles. The molecular weight excluding hydrogens is 318 g/mol. The average molecular weight is 341 g/mol. The molecule has 132 valence electrons. The predicted molar refractivity (Wildman–Crippen MR) is 100 cm³/mol. The lowest BCUT2D eigenvalue weighted by atomic mass is 10.2. The van der Waals surface area contributed by atoms with Gasteiger partial charge in [0.25, 0.3) is 0 Å². The maximum atomic E-state index is 12.0. The number of ether oxygens (including phenoxy) is 1.